The standard InChI is InChI=1S/C17H15FN2O5S/c18-14-3-1-2-4-15(14)19-16(21)10-26-11-17(22)25-9-12-5-7-13(8-6-12)20(23)24/h1-8H,9-11H2,(H,19,21). The molecule has 0 bridgehead atoms. The van der Waals surface area contributed by atoms with Crippen LogP contribution in [0.5, 0.6) is 0 Å². The van der Waals surface area contributed by atoms with Gasteiger partial charge in [-0.15, -0.1) is 11.8 Å². The third kappa shape index (κ3) is 6.17. The molecule has 0 aliphatic carbocycles. The maximum absolute atomic E-state index is 13.4. The van der Waals surface area contributed by atoms with Crippen molar-refractivity contribution in [1.29, 1.82) is 0 Å². The minimum Gasteiger partial charge on any atom is -0.460 e. The predicted molar refractivity (Wildman–Crippen MR) is 95.2 cm³/mol. The molecule has 0 heterocycles. The lowest BCUT2D eigenvalue weighted by molar-refractivity contribution is -0.384. The van der Waals surface area contributed by atoms with Crippen LogP contribution in [0.25, 0.3) is 0 Å². The zero-order valence-corrected chi connectivity index (χ0v) is 14.3. The number of para-hydroxylation sites is 1. The monoisotopic (exact) mass is 378 g/mol. The zero-order valence-electron chi connectivity index (χ0n) is 13.5. The number of nitrogens with zero attached hydrogens (tertiary/aromatic N) is 1. The Morgan fingerprint density at radius 2 is 1.81 bits per heavy atom. The fraction of sp³-hybridized carbons (Fsp3) is 0.176. The highest BCUT2D eigenvalue weighted by molar-refractivity contribution is 8.00. The Kier molecular flexibility index (Phi) is 7.10. The summed E-state index contributed by atoms with van der Waals surface area (Å²) in [5, 5.41) is 13.0. The van der Waals surface area contributed by atoms with Gasteiger partial charge in [0, 0.05) is 12.1 Å². The van der Waals surface area contributed by atoms with Gasteiger partial charge in [-0.25, -0.2) is 4.39 Å². The molecular weight excluding hydrogens is 363 g/mol. The molecule has 26 heavy (non-hydrogen) atoms. The van der Waals surface area contributed by atoms with Gasteiger partial charge in [0.25, 0.3) is 5.69 Å². The van der Waals surface area contributed by atoms with E-state index in [0.29, 0.717) is 5.56 Å². The van der Waals surface area contributed by atoms with Gasteiger partial charge < -0.3 is 10.1 Å². The number of amides is 1. The van der Waals surface area contributed by atoms with E-state index in [2.05, 4.69) is 5.32 Å². The van der Waals surface area contributed by atoms with Gasteiger partial charge in [-0.1, -0.05) is 12.1 Å². The number of carbonyl (C=O) groups is 2. The molecule has 1 N–H and O–H groups in total. The summed E-state index contributed by atoms with van der Waals surface area (Å²) in [4.78, 5) is 33.4. The molecule has 2 aromatic rings. The van der Waals surface area contributed by atoms with E-state index in [0.717, 1.165) is 11.8 Å². The Hall–Kier alpha value is -2.94. The van der Waals surface area contributed by atoms with Crippen molar-refractivity contribution in [2.45, 2.75) is 6.61 Å². The van der Waals surface area contributed by atoms with E-state index < -0.39 is 22.6 Å². The van der Waals surface area contributed by atoms with Crippen molar-refractivity contribution in [2.75, 3.05) is 16.8 Å². The van der Waals surface area contributed by atoms with Crippen LogP contribution in [-0.2, 0) is 20.9 Å². The smallest absolute Gasteiger partial charge is 0.316 e. The summed E-state index contributed by atoms with van der Waals surface area (Å²) < 4.78 is 18.4. The average molecular weight is 378 g/mol. The molecule has 0 radical (unpaired) electrons. The normalized spacial score (nSPS) is 10.2. The van der Waals surface area contributed by atoms with Crippen molar-refractivity contribution in [3.63, 3.8) is 0 Å². The molecule has 0 aliphatic rings. The Bertz CT molecular complexity index is 798. The van der Waals surface area contributed by atoms with E-state index in [1.165, 1.54) is 42.5 Å². The maximum atomic E-state index is 13.4. The van der Waals surface area contributed by atoms with Gasteiger partial charge in [-0.2, -0.15) is 0 Å². The van der Waals surface area contributed by atoms with Gasteiger partial charge in [0.1, 0.15) is 12.4 Å². The highest BCUT2D eigenvalue weighted by Gasteiger charge is 2.10. The first-order valence-corrected chi connectivity index (χ1v) is 8.62. The van der Waals surface area contributed by atoms with Crippen molar-refractivity contribution >= 4 is 35.0 Å². The Morgan fingerprint density at radius 1 is 1.12 bits per heavy atom. The molecule has 0 fully saturated rings. The van der Waals surface area contributed by atoms with Crippen molar-refractivity contribution < 1.29 is 23.6 Å². The number of benzene rings is 2. The molecule has 1 amide bonds. The van der Waals surface area contributed by atoms with Gasteiger partial charge in [0.15, 0.2) is 0 Å². The third-order valence-corrected chi connectivity index (χ3v) is 4.05. The van der Waals surface area contributed by atoms with Crippen LogP contribution in [0.4, 0.5) is 15.8 Å². The van der Waals surface area contributed by atoms with Crippen molar-refractivity contribution in [3.8, 4) is 0 Å². The summed E-state index contributed by atoms with van der Waals surface area (Å²) in [6, 6.07) is 11.4. The molecule has 0 unspecified atom stereocenters. The summed E-state index contributed by atoms with van der Waals surface area (Å²) in [6.45, 7) is -0.0151. The predicted octanol–water partition coefficient (Wildman–Crippen LogP) is 3.15. The fourth-order valence-corrected chi connectivity index (χ4v) is 2.50. The van der Waals surface area contributed by atoms with Crippen molar-refractivity contribution in [3.05, 3.63) is 70.0 Å². The molecule has 0 aromatic heterocycles. The molecule has 2 rings (SSSR count). The number of carbonyl (C=O) groups excluding carboxylic acids is 2. The molecular formula is C17H15FN2O5S. The summed E-state index contributed by atoms with van der Waals surface area (Å²) in [6.07, 6.45) is 0. The van der Waals surface area contributed by atoms with Crippen LogP contribution < -0.4 is 5.32 Å². The van der Waals surface area contributed by atoms with Crippen molar-refractivity contribution in [1.82, 2.24) is 0 Å². The van der Waals surface area contributed by atoms with E-state index in [-0.39, 0.29) is 29.5 Å². The first-order valence-electron chi connectivity index (χ1n) is 7.47. The molecule has 0 atom stereocenters. The second-order valence-electron chi connectivity index (χ2n) is 5.11. The first kappa shape index (κ1) is 19.4. The van der Waals surface area contributed by atoms with Crippen LogP contribution in [0.1, 0.15) is 5.56 Å². The van der Waals surface area contributed by atoms with E-state index in [4.69, 9.17) is 4.74 Å². The fourth-order valence-electron chi connectivity index (χ4n) is 1.90. The molecule has 0 spiro atoms. The van der Waals surface area contributed by atoms with E-state index in [9.17, 15) is 24.1 Å². The minimum atomic E-state index is -0.534. The maximum Gasteiger partial charge on any atom is 0.316 e. The van der Waals surface area contributed by atoms with Crippen LogP contribution >= 0.6 is 11.8 Å². The number of non-ortho nitro benzene ring substituents is 1. The summed E-state index contributed by atoms with van der Waals surface area (Å²) in [5.41, 5.74) is 0.654. The van der Waals surface area contributed by atoms with Crippen LogP contribution in [0.3, 0.4) is 0 Å². The lowest BCUT2D eigenvalue weighted by Crippen LogP contribution is -2.17. The van der Waals surface area contributed by atoms with E-state index in [1.54, 1.807) is 6.07 Å². The quantitative estimate of drug-likeness (QED) is 0.430. The second kappa shape index (κ2) is 9.52. The molecule has 0 aliphatic heterocycles. The number of nitrogens with one attached hydrogen (secondary N) is 1. The Labute approximate surface area is 152 Å². The third-order valence-electron chi connectivity index (χ3n) is 3.15. The van der Waals surface area contributed by atoms with Crippen molar-refractivity contribution in [2.24, 2.45) is 0 Å². The van der Waals surface area contributed by atoms with Gasteiger partial charge in [-0.3, -0.25) is 19.7 Å². The van der Waals surface area contributed by atoms with E-state index in [1.807, 2.05) is 0 Å². The van der Waals surface area contributed by atoms with Crippen LogP contribution in [-0.4, -0.2) is 28.3 Å². The number of nitro groups is 1. The second-order valence-corrected chi connectivity index (χ2v) is 6.09. The number of hydrogen-bond donors (Lipinski definition) is 1. The van der Waals surface area contributed by atoms with Crippen LogP contribution in [0, 0.1) is 15.9 Å². The topological polar surface area (TPSA) is 98.5 Å². The number of rotatable bonds is 8. The van der Waals surface area contributed by atoms with E-state index >= 15 is 0 Å². The molecule has 0 saturated carbocycles. The largest absolute Gasteiger partial charge is 0.460 e. The number of hydrogen-bond acceptors (Lipinski definition) is 6. The summed E-state index contributed by atoms with van der Waals surface area (Å²) >= 11 is 1.04. The van der Waals surface area contributed by atoms with Crippen LogP contribution in [0.15, 0.2) is 48.5 Å². The van der Waals surface area contributed by atoms with Gasteiger partial charge in [0.05, 0.1) is 22.1 Å². The highest BCUT2D eigenvalue weighted by atomic mass is 32.2. The Morgan fingerprint density at radius 3 is 2.46 bits per heavy atom. The van der Waals surface area contributed by atoms with Gasteiger partial charge >= 0.3 is 5.97 Å². The van der Waals surface area contributed by atoms with Crippen LogP contribution in [0.2, 0.25) is 0 Å². The van der Waals surface area contributed by atoms with Gasteiger partial charge in [0.2, 0.25) is 5.91 Å². The lowest BCUT2D eigenvalue weighted by atomic mass is 10.2. The average Bonchev–Trinajstić information content (AvgIpc) is 2.62. The van der Waals surface area contributed by atoms with Gasteiger partial charge in [-0.05, 0) is 29.8 Å². The summed E-state index contributed by atoms with van der Waals surface area (Å²) in [7, 11) is 0. The number of esters is 1. The first-order chi connectivity index (χ1) is 12.5. The zero-order chi connectivity index (χ0) is 18.9. The minimum absolute atomic E-state index is 0.0151. The number of ether oxygens (including phenoxy) is 1. The molecule has 0 saturated heterocycles. The summed E-state index contributed by atoms with van der Waals surface area (Å²) in [5.74, 6) is -1.55. The Balaban J connectivity index is 1.67. The molecule has 2 aromatic carbocycles. The highest BCUT2D eigenvalue weighted by Crippen LogP contribution is 2.14. The number of anilines is 1. The molecule has 7 nitrogen and oxygen atoms in total. The number of nitro benzene ring substituents is 1. The number of thioether (sulfide) groups is 1. The molecule has 9 heteroatoms. The lowest BCUT2D eigenvalue weighted by Gasteiger charge is -2.07. The number of halogens is 1. The SMILES string of the molecule is O=C(CSCC(=O)OCc1ccc([N+](=O)[O-])cc1)Nc1ccccc1F. The molecule has 136 valence electrons.